The summed E-state index contributed by atoms with van der Waals surface area (Å²) in [6, 6.07) is 13.9. The molecule has 6 nitrogen and oxygen atoms in total. The molecule has 0 bridgehead atoms. The summed E-state index contributed by atoms with van der Waals surface area (Å²) in [5.74, 6) is 0.187. The van der Waals surface area contributed by atoms with Crippen LogP contribution < -0.4 is 14.9 Å². The van der Waals surface area contributed by atoms with Crippen LogP contribution in [0.15, 0.2) is 53.6 Å². The number of hydrogen-bond acceptors (Lipinski definition) is 5. The Labute approximate surface area is 222 Å². The number of ether oxygens (including phenoxy) is 2. The van der Waals surface area contributed by atoms with Gasteiger partial charge in [-0.15, -0.1) is 0 Å². The molecule has 0 unspecified atom stereocenters. The third-order valence-electron chi connectivity index (χ3n) is 6.31. The van der Waals surface area contributed by atoms with Crippen LogP contribution in [0.3, 0.4) is 0 Å². The lowest BCUT2D eigenvalue weighted by Gasteiger charge is -2.10. The van der Waals surface area contributed by atoms with Gasteiger partial charge in [0.05, 0.1) is 18.9 Å². The maximum absolute atomic E-state index is 12.3. The summed E-state index contributed by atoms with van der Waals surface area (Å²) in [7, 11) is 1.51. The molecule has 0 saturated heterocycles. The zero-order chi connectivity index (χ0) is 26.6. The van der Waals surface area contributed by atoms with Crippen molar-refractivity contribution >= 4 is 18.1 Å². The largest absolute Gasteiger partial charge is 0.493 e. The molecule has 0 fully saturated rings. The molecule has 0 aliphatic rings. The first-order valence-electron chi connectivity index (χ1n) is 13.9. The molecule has 202 valence electrons. The Morgan fingerprint density at radius 3 is 1.97 bits per heavy atom. The minimum atomic E-state index is -0.458. The maximum atomic E-state index is 12.3. The molecular weight excluding hydrogens is 464 g/mol. The van der Waals surface area contributed by atoms with Gasteiger partial charge < -0.3 is 9.47 Å². The molecule has 0 aromatic heterocycles. The van der Waals surface area contributed by atoms with E-state index in [1.165, 1.54) is 77.7 Å². The number of unbranched alkanes of at least 4 members (excludes halogenated alkanes) is 12. The highest BCUT2D eigenvalue weighted by Gasteiger charge is 2.12. The Bertz CT molecular complexity index is 943. The van der Waals surface area contributed by atoms with E-state index < -0.39 is 5.97 Å². The highest BCUT2D eigenvalue weighted by atomic mass is 16.6. The van der Waals surface area contributed by atoms with Crippen molar-refractivity contribution in [1.82, 2.24) is 5.43 Å². The molecule has 2 aromatic carbocycles. The molecule has 0 atom stereocenters. The summed E-state index contributed by atoms with van der Waals surface area (Å²) >= 11 is 0. The zero-order valence-electron chi connectivity index (χ0n) is 22.7. The fourth-order valence-corrected chi connectivity index (χ4v) is 4.12. The topological polar surface area (TPSA) is 77.0 Å². The number of benzene rings is 2. The van der Waals surface area contributed by atoms with Crippen molar-refractivity contribution in [2.24, 2.45) is 5.10 Å². The van der Waals surface area contributed by atoms with Crippen LogP contribution in [0.2, 0.25) is 0 Å². The van der Waals surface area contributed by atoms with Gasteiger partial charge in [-0.05, 0) is 42.3 Å². The normalized spacial score (nSPS) is 11.0. The zero-order valence-corrected chi connectivity index (χ0v) is 22.7. The Hall–Kier alpha value is -3.15. The second-order valence-electron chi connectivity index (χ2n) is 9.45. The van der Waals surface area contributed by atoms with Crippen molar-refractivity contribution in [1.29, 1.82) is 0 Å². The van der Waals surface area contributed by atoms with E-state index in [-0.39, 0.29) is 5.91 Å². The first-order chi connectivity index (χ1) is 18.1. The van der Waals surface area contributed by atoms with Crippen molar-refractivity contribution in [3.63, 3.8) is 0 Å². The van der Waals surface area contributed by atoms with Gasteiger partial charge in [0.1, 0.15) is 0 Å². The van der Waals surface area contributed by atoms with Crippen LogP contribution in [0.25, 0.3) is 0 Å². The Morgan fingerprint density at radius 1 is 0.784 bits per heavy atom. The number of nitrogens with zero attached hydrogens (tertiary/aromatic N) is 1. The summed E-state index contributed by atoms with van der Waals surface area (Å²) < 4.78 is 10.8. The number of carbonyl (C=O) groups is 2. The Kier molecular flexibility index (Phi) is 15.5. The van der Waals surface area contributed by atoms with Crippen LogP contribution in [0, 0.1) is 0 Å². The van der Waals surface area contributed by atoms with Gasteiger partial charge >= 0.3 is 5.97 Å². The summed E-state index contributed by atoms with van der Waals surface area (Å²) in [6.45, 7) is 2.26. The number of rotatable bonds is 19. The van der Waals surface area contributed by atoms with E-state index in [9.17, 15) is 9.59 Å². The number of methoxy groups -OCH3 is 1. The molecule has 0 spiro atoms. The van der Waals surface area contributed by atoms with Gasteiger partial charge in [0.25, 0.3) is 0 Å². The van der Waals surface area contributed by atoms with Gasteiger partial charge in [0.2, 0.25) is 5.91 Å². The van der Waals surface area contributed by atoms with Gasteiger partial charge in [-0.25, -0.2) is 10.2 Å². The van der Waals surface area contributed by atoms with Crippen molar-refractivity contribution in [2.45, 2.75) is 96.8 Å². The first kappa shape index (κ1) is 30.1. The SMILES string of the molecule is CCCCCCCCCCCCCCCC(=O)N/N=C/c1ccc(OC(=O)c2ccccc2)c(OC)c1. The van der Waals surface area contributed by atoms with Crippen LogP contribution in [-0.4, -0.2) is 25.2 Å². The predicted molar refractivity (Wildman–Crippen MR) is 150 cm³/mol. The highest BCUT2D eigenvalue weighted by molar-refractivity contribution is 5.91. The first-order valence-corrected chi connectivity index (χ1v) is 13.9. The molecule has 1 N–H and O–H groups in total. The third-order valence-corrected chi connectivity index (χ3v) is 6.31. The molecule has 6 heteroatoms. The molecule has 0 radical (unpaired) electrons. The molecule has 0 aliphatic heterocycles. The molecule has 2 aromatic rings. The van der Waals surface area contributed by atoms with E-state index in [2.05, 4.69) is 17.5 Å². The fraction of sp³-hybridized carbons (Fsp3) is 0.516. The molecule has 0 aliphatic carbocycles. The molecule has 0 saturated carbocycles. The third kappa shape index (κ3) is 13.1. The number of carbonyl (C=O) groups excluding carboxylic acids is 2. The van der Waals surface area contributed by atoms with Crippen molar-refractivity contribution < 1.29 is 19.1 Å². The van der Waals surface area contributed by atoms with E-state index in [1.807, 2.05) is 6.07 Å². The van der Waals surface area contributed by atoms with E-state index in [0.717, 1.165) is 18.4 Å². The summed E-state index contributed by atoms with van der Waals surface area (Å²) in [6.07, 6.45) is 18.7. The number of amides is 1. The van der Waals surface area contributed by atoms with Crippen LogP contribution in [0.1, 0.15) is 113 Å². The Balaban J connectivity index is 1.58. The number of hydrazone groups is 1. The van der Waals surface area contributed by atoms with Crippen molar-refractivity contribution in [3.05, 3.63) is 59.7 Å². The van der Waals surface area contributed by atoms with Gasteiger partial charge in [-0.1, -0.05) is 102 Å². The molecule has 2 rings (SSSR count). The highest BCUT2D eigenvalue weighted by Crippen LogP contribution is 2.28. The van der Waals surface area contributed by atoms with Crippen LogP contribution in [0.5, 0.6) is 11.5 Å². The lowest BCUT2D eigenvalue weighted by molar-refractivity contribution is -0.121. The molecule has 37 heavy (non-hydrogen) atoms. The van der Waals surface area contributed by atoms with E-state index in [4.69, 9.17) is 9.47 Å². The van der Waals surface area contributed by atoms with Gasteiger partial charge in [0, 0.05) is 6.42 Å². The van der Waals surface area contributed by atoms with E-state index in [0.29, 0.717) is 23.5 Å². The minimum absolute atomic E-state index is 0.0836. The van der Waals surface area contributed by atoms with Crippen molar-refractivity contribution in [2.75, 3.05) is 7.11 Å². The Morgan fingerprint density at radius 2 is 1.38 bits per heavy atom. The number of nitrogens with one attached hydrogen (secondary N) is 1. The van der Waals surface area contributed by atoms with E-state index >= 15 is 0 Å². The summed E-state index contributed by atoms with van der Waals surface area (Å²) in [5, 5.41) is 4.05. The molecular formula is C31H44N2O4. The maximum Gasteiger partial charge on any atom is 0.343 e. The second-order valence-corrected chi connectivity index (χ2v) is 9.45. The van der Waals surface area contributed by atoms with Gasteiger partial charge in [-0.2, -0.15) is 5.10 Å². The van der Waals surface area contributed by atoms with Crippen LogP contribution >= 0.6 is 0 Å². The van der Waals surface area contributed by atoms with Crippen molar-refractivity contribution in [3.8, 4) is 11.5 Å². The predicted octanol–water partition coefficient (Wildman–Crippen LogP) is 7.85. The molecule has 0 heterocycles. The van der Waals surface area contributed by atoms with Crippen LogP contribution in [-0.2, 0) is 4.79 Å². The number of hydrogen-bond donors (Lipinski definition) is 1. The van der Waals surface area contributed by atoms with Gasteiger partial charge in [-0.3, -0.25) is 4.79 Å². The monoisotopic (exact) mass is 508 g/mol. The summed E-state index contributed by atoms with van der Waals surface area (Å²) in [4.78, 5) is 24.4. The average Bonchev–Trinajstić information content (AvgIpc) is 2.92. The fourth-order valence-electron chi connectivity index (χ4n) is 4.12. The standard InChI is InChI=1S/C31H44N2O4/c1-3-4-5-6-7-8-9-10-11-12-13-14-18-21-30(34)33-32-25-26-22-23-28(29(24-26)36-2)37-31(35)27-19-16-15-17-20-27/h15-17,19-20,22-25H,3-14,18,21H2,1-2H3,(H,33,34)/b32-25+. The van der Waals surface area contributed by atoms with Crippen LogP contribution in [0.4, 0.5) is 0 Å². The second kappa shape index (κ2) is 19.0. The average molecular weight is 509 g/mol. The quantitative estimate of drug-likeness (QED) is 0.0689. The van der Waals surface area contributed by atoms with E-state index in [1.54, 1.807) is 48.7 Å². The molecule has 1 amide bonds. The smallest absolute Gasteiger partial charge is 0.343 e. The summed E-state index contributed by atoms with van der Waals surface area (Å²) in [5.41, 5.74) is 3.76. The number of esters is 1. The lowest BCUT2D eigenvalue weighted by Crippen LogP contribution is -2.16. The lowest BCUT2D eigenvalue weighted by atomic mass is 10.0. The minimum Gasteiger partial charge on any atom is -0.493 e. The van der Waals surface area contributed by atoms with Gasteiger partial charge in [0.15, 0.2) is 11.5 Å².